The molecule has 13 rings (SSSR count). The van der Waals surface area contributed by atoms with E-state index in [0.717, 1.165) is 94.4 Å². The van der Waals surface area contributed by atoms with Gasteiger partial charge in [0.15, 0.2) is 0 Å². The van der Waals surface area contributed by atoms with Crippen LogP contribution in [0, 0.1) is 46.3 Å². The van der Waals surface area contributed by atoms with Crippen LogP contribution in [0.4, 0.5) is 0 Å². The number of hydrogen-bond acceptors (Lipinski definition) is 4. The molecule has 0 amide bonds. The number of methoxy groups -OCH3 is 1. The fourth-order valence-electron chi connectivity index (χ4n) is 18.7. The SMILES string of the molecule is COc1cc(-c2ccccc2-c2cc(C)cc(C34CC5(C)CC(C)(CC(C)(C5)C3)C4)c2O)nc(-c2ccccc2-c2cc(C)cc(C34CC5(C)CC(C)(CC(C)(C5)C3)C4)c2O)c1.[Hf]. The Kier molecular flexibility index (Phi) is 9.54. The van der Waals surface area contributed by atoms with E-state index in [1.165, 1.54) is 49.7 Å². The fourth-order valence-corrected chi connectivity index (χ4v) is 18.7. The molecule has 8 bridgehead atoms. The third kappa shape index (κ3) is 6.85. The summed E-state index contributed by atoms with van der Waals surface area (Å²) in [7, 11) is 1.72. The first-order valence-electron chi connectivity index (χ1n) is 23.6. The van der Waals surface area contributed by atoms with Gasteiger partial charge in [0.2, 0.25) is 0 Å². The number of phenols is 2. The van der Waals surface area contributed by atoms with Crippen LogP contribution < -0.4 is 4.74 Å². The van der Waals surface area contributed by atoms with Crippen LogP contribution >= 0.6 is 0 Å². The van der Waals surface area contributed by atoms with Crippen molar-refractivity contribution < 1.29 is 40.8 Å². The van der Waals surface area contributed by atoms with Gasteiger partial charge in [-0.25, -0.2) is 4.98 Å². The molecule has 0 unspecified atom stereocenters. The maximum absolute atomic E-state index is 12.7. The summed E-state index contributed by atoms with van der Waals surface area (Å²) in [5.41, 5.74) is 13.5. The van der Waals surface area contributed by atoms with Gasteiger partial charge in [0.1, 0.15) is 17.2 Å². The Labute approximate surface area is 395 Å². The molecule has 5 heteroatoms. The first-order chi connectivity index (χ1) is 29.2. The van der Waals surface area contributed by atoms with Gasteiger partial charge in [-0.1, -0.05) is 102 Å². The largest absolute Gasteiger partial charge is 0.507 e. The number of nitrogens with zero attached hydrogens (tertiary/aromatic N) is 1. The van der Waals surface area contributed by atoms with E-state index in [4.69, 9.17) is 9.72 Å². The van der Waals surface area contributed by atoms with Gasteiger partial charge >= 0.3 is 0 Å². The summed E-state index contributed by atoms with van der Waals surface area (Å²) in [4.78, 5) is 5.46. The van der Waals surface area contributed by atoms with Gasteiger partial charge in [-0.15, -0.1) is 0 Å². The number of aryl methyl sites for hydroxylation is 2. The molecule has 4 aromatic carbocycles. The van der Waals surface area contributed by atoms with E-state index in [2.05, 4.69) is 128 Å². The van der Waals surface area contributed by atoms with E-state index in [1.807, 2.05) is 12.1 Å². The molecule has 2 N–H and O–H groups in total. The van der Waals surface area contributed by atoms with Gasteiger partial charge in [0.25, 0.3) is 0 Å². The zero-order chi connectivity index (χ0) is 43.5. The van der Waals surface area contributed by atoms with Crippen LogP contribution in [0.1, 0.15) is 141 Å². The summed E-state index contributed by atoms with van der Waals surface area (Å²) in [6, 6.07) is 29.8. The molecule has 8 aliphatic rings. The number of benzene rings is 4. The van der Waals surface area contributed by atoms with E-state index in [9.17, 15) is 10.2 Å². The molecule has 8 fully saturated rings. The molecule has 8 saturated carbocycles. The molecule has 0 spiro atoms. The summed E-state index contributed by atoms with van der Waals surface area (Å²) in [5.74, 6) is 1.57. The molecular formula is C58H67HfNO3. The summed E-state index contributed by atoms with van der Waals surface area (Å²) >= 11 is 0. The zero-order valence-electron chi connectivity index (χ0n) is 39.3. The minimum Gasteiger partial charge on any atom is -0.507 e. The molecule has 63 heavy (non-hydrogen) atoms. The Morgan fingerprint density at radius 1 is 0.429 bits per heavy atom. The smallest absolute Gasteiger partial charge is 0.127 e. The minimum absolute atomic E-state index is 0. The predicted molar refractivity (Wildman–Crippen MR) is 253 cm³/mol. The predicted octanol–water partition coefficient (Wildman–Crippen LogP) is 15.1. The Balaban J connectivity index is 0.00000471. The third-order valence-electron chi connectivity index (χ3n) is 17.4. The Morgan fingerprint density at radius 2 is 0.730 bits per heavy atom. The van der Waals surface area contributed by atoms with E-state index < -0.39 is 0 Å². The van der Waals surface area contributed by atoms with Gasteiger partial charge in [-0.2, -0.15) is 0 Å². The van der Waals surface area contributed by atoms with E-state index >= 15 is 0 Å². The fraction of sp³-hybridized carbons (Fsp3) is 0.500. The topological polar surface area (TPSA) is 62.6 Å². The molecule has 8 aliphatic carbocycles. The molecule has 0 atom stereocenters. The average molecular weight is 1000 g/mol. The van der Waals surface area contributed by atoms with E-state index in [0.29, 0.717) is 49.7 Å². The van der Waals surface area contributed by atoms with Crippen molar-refractivity contribution in [3.63, 3.8) is 0 Å². The molecule has 1 heterocycles. The van der Waals surface area contributed by atoms with Gasteiger partial charge < -0.3 is 14.9 Å². The quantitative estimate of drug-likeness (QED) is 0.160. The van der Waals surface area contributed by atoms with Crippen molar-refractivity contribution in [2.24, 2.45) is 32.5 Å². The summed E-state index contributed by atoms with van der Waals surface area (Å²) < 4.78 is 6.05. The molecule has 0 aliphatic heterocycles. The van der Waals surface area contributed by atoms with Crippen LogP contribution in [0.25, 0.3) is 44.8 Å². The van der Waals surface area contributed by atoms with Crippen molar-refractivity contribution in [2.45, 2.75) is 143 Å². The van der Waals surface area contributed by atoms with Crippen molar-refractivity contribution in [2.75, 3.05) is 7.11 Å². The summed E-state index contributed by atoms with van der Waals surface area (Å²) in [6.45, 7) is 19.5. The molecule has 326 valence electrons. The second-order valence-corrected chi connectivity index (χ2v) is 24.8. The number of aromatic hydroxyl groups is 2. The van der Waals surface area contributed by atoms with Gasteiger partial charge in [-0.05, 0) is 158 Å². The second-order valence-electron chi connectivity index (χ2n) is 24.8. The van der Waals surface area contributed by atoms with Gasteiger partial charge in [-0.3, -0.25) is 0 Å². The molecule has 1 aromatic heterocycles. The normalized spacial score (nSPS) is 35.8. The maximum atomic E-state index is 12.7. The van der Waals surface area contributed by atoms with Crippen LogP contribution in [-0.4, -0.2) is 22.3 Å². The molecular weight excluding hydrogens is 937 g/mol. The Morgan fingerprint density at radius 3 is 1.03 bits per heavy atom. The van der Waals surface area contributed by atoms with Gasteiger partial charge in [0.05, 0.1) is 18.5 Å². The van der Waals surface area contributed by atoms with Crippen LogP contribution in [-0.2, 0) is 36.7 Å². The van der Waals surface area contributed by atoms with Crippen LogP contribution in [0.3, 0.4) is 0 Å². The van der Waals surface area contributed by atoms with Crippen molar-refractivity contribution >= 4 is 0 Å². The first-order valence-corrected chi connectivity index (χ1v) is 23.6. The van der Waals surface area contributed by atoms with E-state index in [1.54, 1.807) is 7.11 Å². The zero-order valence-corrected chi connectivity index (χ0v) is 42.9. The summed E-state index contributed by atoms with van der Waals surface area (Å²) in [6.07, 6.45) is 14.6. The third-order valence-corrected chi connectivity index (χ3v) is 17.4. The maximum Gasteiger partial charge on any atom is 0.127 e. The van der Waals surface area contributed by atoms with Crippen LogP contribution in [0.5, 0.6) is 17.2 Å². The van der Waals surface area contributed by atoms with Crippen molar-refractivity contribution in [1.29, 1.82) is 0 Å². The number of pyridine rings is 1. The number of aromatic nitrogens is 1. The number of phenolic OH excluding ortho intramolecular Hbond substituents is 2. The molecule has 0 saturated heterocycles. The second kappa shape index (κ2) is 13.9. The summed E-state index contributed by atoms with van der Waals surface area (Å²) in [5, 5.41) is 25.3. The Hall–Kier alpha value is -3.70. The standard InChI is InChI=1S/C58H67NO3.Hf/c1-36-18-43(49(60)45(20-36)57-30-51(3)24-52(4,31-57)26-53(5,25-51)32-57)39-14-10-12-16-41(39)47-22-38(62-9)23-48(59-47)42-17-13-11-15-40(42)44-19-37(2)21-46(50(44)61)58-33-54(6)27-55(7,34-58)29-56(8,28-54)35-58;/h10-23,60-61H,24-35H2,1-9H3;. The molecule has 4 nitrogen and oxygen atoms in total. The number of ether oxygens (including phenoxy) is 1. The van der Waals surface area contributed by atoms with Gasteiger partial charge in [0, 0.05) is 82.2 Å². The van der Waals surface area contributed by atoms with Crippen molar-refractivity contribution in [3.05, 3.63) is 107 Å². The molecule has 0 radical (unpaired) electrons. The van der Waals surface area contributed by atoms with Crippen LogP contribution in [0.2, 0.25) is 0 Å². The number of rotatable bonds is 7. The van der Waals surface area contributed by atoms with Crippen molar-refractivity contribution in [1.82, 2.24) is 4.98 Å². The van der Waals surface area contributed by atoms with Crippen molar-refractivity contribution in [3.8, 4) is 62.0 Å². The molecule has 5 aromatic rings. The minimum atomic E-state index is -0.0390. The number of hydrogen-bond donors (Lipinski definition) is 2. The monoisotopic (exact) mass is 1010 g/mol. The van der Waals surface area contributed by atoms with Crippen LogP contribution in [0.15, 0.2) is 84.9 Å². The Bertz CT molecular complexity index is 2430. The first kappa shape index (κ1) is 43.2. The average Bonchev–Trinajstić information content (AvgIpc) is 3.15. The van der Waals surface area contributed by atoms with E-state index in [-0.39, 0.29) is 36.7 Å².